The first kappa shape index (κ1) is 12.4. The third-order valence-electron chi connectivity index (χ3n) is 3.14. The molecule has 1 aromatic carbocycles. The Morgan fingerprint density at radius 1 is 1.29 bits per heavy atom. The maximum absolute atomic E-state index is 12.0. The van der Waals surface area contributed by atoms with E-state index in [2.05, 4.69) is 21.2 Å². The number of amides is 1. The summed E-state index contributed by atoms with van der Waals surface area (Å²) in [6, 6.07) is 5.15. The summed E-state index contributed by atoms with van der Waals surface area (Å²) in [6.45, 7) is 0. The number of hydrogen-bond donors (Lipinski definition) is 2. The fourth-order valence-corrected chi connectivity index (χ4v) is 2.56. The highest BCUT2D eigenvalue weighted by Crippen LogP contribution is 2.23. The summed E-state index contributed by atoms with van der Waals surface area (Å²) in [5, 5.41) is 12.6. The maximum atomic E-state index is 12.0. The molecule has 0 spiro atoms. The minimum atomic E-state index is -0.185. The van der Waals surface area contributed by atoms with Gasteiger partial charge in [-0.25, -0.2) is 0 Å². The van der Waals surface area contributed by atoms with Crippen molar-refractivity contribution < 1.29 is 9.90 Å². The third kappa shape index (κ3) is 3.22. The molecule has 0 heterocycles. The van der Waals surface area contributed by atoms with E-state index < -0.39 is 0 Å². The van der Waals surface area contributed by atoms with Gasteiger partial charge in [-0.2, -0.15) is 0 Å². The number of benzene rings is 1. The molecule has 17 heavy (non-hydrogen) atoms. The van der Waals surface area contributed by atoms with E-state index in [-0.39, 0.29) is 17.7 Å². The Balaban J connectivity index is 2.05. The molecule has 1 aliphatic carbocycles. The van der Waals surface area contributed by atoms with Crippen molar-refractivity contribution in [3.05, 3.63) is 28.2 Å². The predicted octanol–water partition coefficient (Wildman–Crippen LogP) is 3.22. The zero-order valence-electron chi connectivity index (χ0n) is 9.58. The number of nitrogens with one attached hydrogen (secondary N) is 1. The van der Waals surface area contributed by atoms with Gasteiger partial charge in [0.2, 0.25) is 0 Å². The van der Waals surface area contributed by atoms with E-state index >= 15 is 0 Å². The molecule has 1 fully saturated rings. The lowest BCUT2D eigenvalue weighted by molar-refractivity contribution is 0.0925. The first-order valence-corrected chi connectivity index (χ1v) is 6.75. The van der Waals surface area contributed by atoms with Crippen LogP contribution in [0.5, 0.6) is 5.75 Å². The first-order valence-electron chi connectivity index (χ1n) is 5.96. The quantitative estimate of drug-likeness (QED) is 0.880. The van der Waals surface area contributed by atoms with E-state index in [1.807, 2.05) is 0 Å². The highest BCUT2D eigenvalue weighted by molar-refractivity contribution is 9.10. The van der Waals surface area contributed by atoms with Crippen LogP contribution in [0.25, 0.3) is 0 Å². The van der Waals surface area contributed by atoms with Gasteiger partial charge in [-0.05, 0) is 31.0 Å². The van der Waals surface area contributed by atoms with Crippen molar-refractivity contribution in [1.29, 1.82) is 0 Å². The van der Waals surface area contributed by atoms with Crippen LogP contribution in [0.1, 0.15) is 42.5 Å². The van der Waals surface area contributed by atoms with Gasteiger partial charge in [0.1, 0.15) is 5.75 Å². The van der Waals surface area contributed by atoms with Crippen molar-refractivity contribution in [1.82, 2.24) is 5.32 Å². The van der Waals surface area contributed by atoms with Crippen LogP contribution >= 0.6 is 15.9 Å². The van der Waals surface area contributed by atoms with Gasteiger partial charge in [0.05, 0.1) is 5.56 Å². The molecule has 1 amide bonds. The van der Waals surface area contributed by atoms with Crippen molar-refractivity contribution >= 4 is 21.8 Å². The summed E-state index contributed by atoms with van der Waals surface area (Å²) in [4.78, 5) is 12.0. The summed E-state index contributed by atoms with van der Waals surface area (Å²) >= 11 is 3.30. The molecule has 92 valence electrons. The van der Waals surface area contributed by atoms with Gasteiger partial charge >= 0.3 is 0 Å². The molecule has 0 bridgehead atoms. The lowest BCUT2D eigenvalue weighted by Crippen LogP contribution is -2.36. The standard InChI is InChI=1S/C13H16BrNO2/c14-9-6-7-12(16)11(8-9)13(17)15-10-4-2-1-3-5-10/h6-8,10,16H,1-5H2,(H,15,17). The molecule has 2 N–H and O–H groups in total. The second kappa shape index (κ2) is 5.54. The Labute approximate surface area is 109 Å². The molecule has 0 unspecified atom stereocenters. The number of carbonyl (C=O) groups excluding carboxylic acids is 1. The van der Waals surface area contributed by atoms with Crippen LogP contribution in [0, 0.1) is 0 Å². The molecule has 0 aliphatic heterocycles. The van der Waals surface area contributed by atoms with Gasteiger partial charge in [0, 0.05) is 10.5 Å². The highest BCUT2D eigenvalue weighted by atomic mass is 79.9. The third-order valence-corrected chi connectivity index (χ3v) is 3.64. The van der Waals surface area contributed by atoms with Gasteiger partial charge in [0.15, 0.2) is 0 Å². The second-order valence-electron chi connectivity index (χ2n) is 4.47. The maximum Gasteiger partial charge on any atom is 0.255 e. The number of carbonyl (C=O) groups is 1. The van der Waals surface area contributed by atoms with E-state index in [0.717, 1.165) is 17.3 Å². The number of rotatable bonds is 2. The fourth-order valence-electron chi connectivity index (χ4n) is 2.20. The van der Waals surface area contributed by atoms with Crippen molar-refractivity contribution in [2.45, 2.75) is 38.1 Å². The Hall–Kier alpha value is -1.03. The van der Waals surface area contributed by atoms with Crippen LogP contribution in [-0.4, -0.2) is 17.1 Å². The summed E-state index contributed by atoms with van der Waals surface area (Å²) in [6.07, 6.45) is 5.69. The molecular weight excluding hydrogens is 282 g/mol. The number of phenolic OH excluding ortho intramolecular Hbond substituents is 1. The SMILES string of the molecule is O=C(NC1CCCCC1)c1cc(Br)ccc1O. The second-order valence-corrected chi connectivity index (χ2v) is 5.39. The summed E-state index contributed by atoms with van der Waals surface area (Å²) < 4.78 is 0.795. The first-order chi connectivity index (χ1) is 8.16. The largest absolute Gasteiger partial charge is 0.507 e. The predicted molar refractivity (Wildman–Crippen MR) is 70.1 cm³/mol. The minimum Gasteiger partial charge on any atom is -0.507 e. The van der Waals surface area contributed by atoms with E-state index in [9.17, 15) is 9.90 Å². The molecule has 1 saturated carbocycles. The number of halogens is 1. The van der Waals surface area contributed by atoms with Crippen LogP contribution in [0.15, 0.2) is 22.7 Å². The zero-order chi connectivity index (χ0) is 12.3. The zero-order valence-corrected chi connectivity index (χ0v) is 11.2. The summed E-state index contributed by atoms with van der Waals surface area (Å²) in [5.41, 5.74) is 0.338. The normalized spacial score (nSPS) is 16.8. The molecule has 4 heteroatoms. The fraction of sp³-hybridized carbons (Fsp3) is 0.462. The monoisotopic (exact) mass is 297 g/mol. The number of phenols is 1. The molecule has 0 radical (unpaired) electrons. The molecule has 0 aromatic heterocycles. The van der Waals surface area contributed by atoms with Gasteiger partial charge < -0.3 is 10.4 Å². The van der Waals surface area contributed by atoms with E-state index in [1.165, 1.54) is 25.3 Å². The minimum absolute atomic E-state index is 0.0292. The Bertz CT molecular complexity index is 414. The average molecular weight is 298 g/mol. The van der Waals surface area contributed by atoms with E-state index in [0.29, 0.717) is 5.56 Å². The lowest BCUT2D eigenvalue weighted by Gasteiger charge is -2.22. The molecular formula is C13H16BrNO2. The van der Waals surface area contributed by atoms with Crippen molar-refractivity contribution in [2.75, 3.05) is 0 Å². The molecule has 0 atom stereocenters. The topological polar surface area (TPSA) is 49.3 Å². The summed E-state index contributed by atoms with van der Waals surface area (Å²) in [7, 11) is 0. The van der Waals surface area contributed by atoms with Crippen LogP contribution in [0.2, 0.25) is 0 Å². The Morgan fingerprint density at radius 2 is 2.00 bits per heavy atom. The molecule has 0 saturated heterocycles. The average Bonchev–Trinajstić information content (AvgIpc) is 2.33. The van der Waals surface area contributed by atoms with Crippen LogP contribution in [0.4, 0.5) is 0 Å². The van der Waals surface area contributed by atoms with Gasteiger partial charge in [-0.15, -0.1) is 0 Å². The number of aromatic hydroxyl groups is 1. The molecule has 1 aliphatic rings. The molecule has 2 rings (SSSR count). The van der Waals surface area contributed by atoms with Gasteiger partial charge in [0.25, 0.3) is 5.91 Å². The van der Waals surface area contributed by atoms with Gasteiger partial charge in [-0.1, -0.05) is 35.2 Å². The number of hydrogen-bond acceptors (Lipinski definition) is 2. The molecule has 1 aromatic rings. The van der Waals surface area contributed by atoms with Gasteiger partial charge in [-0.3, -0.25) is 4.79 Å². The highest BCUT2D eigenvalue weighted by Gasteiger charge is 2.18. The Morgan fingerprint density at radius 3 is 2.71 bits per heavy atom. The lowest BCUT2D eigenvalue weighted by atomic mass is 9.95. The van der Waals surface area contributed by atoms with Crippen molar-refractivity contribution in [3.8, 4) is 5.75 Å². The summed E-state index contributed by atoms with van der Waals surface area (Å²) in [5.74, 6) is -0.155. The van der Waals surface area contributed by atoms with Crippen LogP contribution in [-0.2, 0) is 0 Å². The molecule has 3 nitrogen and oxygen atoms in total. The smallest absolute Gasteiger partial charge is 0.255 e. The van der Waals surface area contributed by atoms with Crippen LogP contribution in [0.3, 0.4) is 0 Å². The van der Waals surface area contributed by atoms with Crippen molar-refractivity contribution in [2.24, 2.45) is 0 Å². The Kier molecular flexibility index (Phi) is 4.05. The van der Waals surface area contributed by atoms with E-state index in [4.69, 9.17) is 0 Å². The van der Waals surface area contributed by atoms with E-state index in [1.54, 1.807) is 12.1 Å². The van der Waals surface area contributed by atoms with Crippen molar-refractivity contribution in [3.63, 3.8) is 0 Å². The van der Waals surface area contributed by atoms with Crippen LogP contribution < -0.4 is 5.32 Å².